The van der Waals surface area contributed by atoms with Crippen molar-refractivity contribution < 1.29 is 9.90 Å². The van der Waals surface area contributed by atoms with Crippen LogP contribution in [-0.4, -0.2) is 66.8 Å². The summed E-state index contributed by atoms with van der Waals surface area (Å²) in [4.78, 5) is 16.6. The number of hydrogen-bond donors (Lipinski definition) is 2. The molecule has 1 aliphatic rings. The quantitative estimate of drug-likeness (QED) is 0.837. The van der Waals surface area contributed by atoms with E-state index in [0.29, 0.717) is 5.92 Å². The molecule has 0 saturated carbocycles. The van der Waals surface area contributed by atoms with Gasteiger partial charge in [0.05, 0.1) is 6.10 Å². The SMILES string of the molecule is CC(O)C1CCN(C(=O)NC(Cc2ccccc2)CN(C)C)CC1. The number of carbonyl (C=O) groups excluding carboxylic acids is 1. The third-order valence-corrected chi connectivity index (χ3v) is 4.75. The normalized spacial score (nSPS) is 18.5. The lowest BCUT2D eigenvalue weighted by Crippen LogP contribution is -2.51. The van der Waals surface area contributed by atoms with E-state index in [1.807, 2.05) is 44.1 Å². The third kappa shape index (κ3) is 5.80. The molecule has 2 amide bonds. The van der Waals surface area contributed by atoms with Crippen molar-refractivity contribution >= 4 is 6.03 Å². The second-order valence-electron chi connectivity index (χ2n) is 7.16. The molecule has 2 atom stereocenters. The minimum absolute atomic E-state index is 0.0156. The molecule has 2 rings (SSSR count). The van der Waals surface area contributed by atoms with Crippen molar-refractivity contribution in [1.29, 1.82) is 0 Å². The Hall–Kier alpha value is -1.59. The average molecular weight is 333 g/mol. The number of piperidine rings is 1. The minimum atomic E-state index is -0.283. The number of rotatable bonds is 6. The second-order valence-corrected chi connectivity index (χ2v) is 7.16. The van der Waals surface area contributed by atoms with Gasteiger partial charge in [-0.25, -0.2) is 4.79 Å². The fourth-order valence-electron chi connectivity index (χ4n) is 3.35. The second kappa shape index (κ2) is 9.04. The van der Waals surface area contributed by atoms with Crippen LogP contribution in [0.15, 0.2) is 30.3 Å². The van der Waals surface area contributed by atoms with Crippen molar-refractivity contribution in [3.63, 3.8) is 0 Å². The molecule has 134 valence electrons. The van der Waals surface area contributed by atoms with Crippen LogP contribution in [0, 0.1) is 5.92 Å². The Balaban J connectivity index is 1.90. The van der Waals surface area contributed by atoms with Crippen LogP contribution in [0.25, 0.3) is 0 Å². The molecule has 0 aliphatic carbocycles. The molecular weight excluding hydrogens is 302 g/mol. The van der Waals surface area contributed by atoms with Crippen LogP contribution in [0.2, 0.25) is 0 Å². The van der Waals surface area contributed by atoms with Gasteiger partial charge in [-0.1, -0.05) is 30.3 Å². The van der Waals surface area contributed by atoms with Gasteiger partial charge in [0.2, 0.25) is 0 Å². The molecule has 1 aromatic carbocycles. The van der Waals surface area contributed by atoms with Crippen LogP contribution in [0.5, 0.6) is 0 Å². The maximum Gasteiger partial charge on any atom is 0.317 e. The number of likely N-dealkylation sites (N-methyl/N-ethyl adjacent to an activating group) is 1. The number of aliphatic hydroxyl groups is 1. The summed E-state index contributed by atoms with van der Waals surface area (Å²) in [7, 11) is 4.05. The van der Waals surface area contributed by atoms with Gasteiger partial charge < -0.3 is 20.2 Å². The lowest BCUT2D eigenvalue weighted by Gasteiger charge is -2.34. The molecule has 0 aromatic heterocycles. The summed E-state index contributed by atoms with van der Waals surface area (Å²) in [6.45, 7) is 4.10. The topological polar surface area (TPSA) is 55.8 Å². The summed E-state index contributed by atoms with van der Waals surface area (Å²) < 4.78 is 0. The predicted octanol–water partition coefficient (Wildman–Crippen LogP) is 1.96. The Morgan fingerprint density at radius 2 is 1.92 bits per heavy atom. The molecule has 5 nitrogen and oxygen atoms in total. The van der Waals surface area contributed by atoms with Gasteiger partial charge in [-0.15, -0.1) is 0 Å². The van der Waals surface area contributed by atoms with E-state index in [9.17, 15) is 9.90 Å². The van der Waals surface area contributed by atoms with E-state index in [-0.39, 0.29) is 18.2 Å². The zero-order chi connectivity index (χ0) is 17.5. The van der Waals surface area contributed by atoms with Crippen molar-refractivity contribution in [1.82, 2.24) is 15.1 Å². The van der Waals surface area contributed by atoms with E-state index in [1.54, 1.807) is 0 Å². The molecule has 24 heavy (non-hydrogen) atoms. The largest absolute Gasteiger partial charge is 0.393 e. The van der Waals surface area contributed by atoms with Crippen LogP contribution in [-0.2, 0) is 6.42 Å². The fraction of sp³-hybridized carbons (Fsp3) is 0.632. The Morgan fingerprint density at radius 3 is 2.46 bits per heavy atom. The first-order valence-corrected chi connectivity index (χ1v) is 8.88. The number of aliphatic hydroxyl groups excluding tert-OH is 1. The van der Waals surface area contributed by atoms with E-state index in [2.05, 4.69) is 22.3 Å². The summed E-state index contributed by atoms with van der Waals surface area (Å²) >= 11 is 0. The van der Waals surface area contributed by atoms with Gasteiger partial charge in [0.25, 0.3) is 0 Å². The lowest BCUT2D eigenvalue weighted by molar-refractivity contribution is 0.0791. The van der Waals surface area contributed by atoms with Gasteiger partial charge in [-0.05, 0) is 51.8 Å². The Morgan fingerprint density at radius 1 is 1.29 bits per heavy atom. The van der Waals surface area contributed by atoms with Crippen molar-refractivity contribution in [3.8, 4) is 0 Å². The highest BCUT2D eigenvalue weighted by molar-refractivity contribution is 5.74. The molecule has 1 fully saturated rings. The number of hydrogen-bond acceptors (Lipinski definition) is 3. The van der Waals surface area contributed by atoms with Crippen molar-refractivity contribution in [3.05, 3.63) is 35.9 Å². The number of amides is 2. The van der Waals surface area contributed by atoms with Crippen LogP contribution in [0.1, 0.15) is 25.3 Å². The summed E-state index contributed by atoms with van der Waals surface area (Å²) in [5, 5.41) is 12.9. The molecule has 0 radical (unpaired) electrons. The maximum absolute atomic E-state index is 12.6. The Bertz CT molecular complexity index is 497. The van der Waals surface area contributed by atoms with E-state index >= 15 is 0 Å². The summed E-state index contributed by atoms with van der Waals surface area (Å²) in [5.74, 6) is 0.316. The Labute approximate surface area is 145 Å². The van der Waals surface area contributed by atoms with E-state index in [4.69, 9.17) is 0 Å². The first kappa shape index (κ1) is 18.7. The van der Waals surface area contributed by atoms with Gasteiger partial charge in [-0.2, -0.15) is 0 Å². The molecule has 1 saturated heterocycles. The number of likely N-dealkylation sites (tertiary alicyclic amines) is 1. The van der Waals surface area contributed by atoms with E-state index < -0.39 is 0 Å². The minimum Gasteiger partial charge on any atom is -0.393 e. The van der Waals surface area contributed by atoms with Gasteiger partial charge in [0.15, 0.2) is 0 Å². The first-order chi connectivity index (χ1) is 11.5. The lowest BCUT2D eigenvalue weighted by atomic mass is 9.92. The van der Waals surface area contributed by atoms with Gasteiger partial charge in [0.1, 0.15) is 0 Å². The molecule has 2 N–H and O–H groups in total. The standard InChI is InChI=1S/C19H31N3O2/c1-15(23)17-9-11-22(12-10-17)19(24)20-18(14-21(2)3)13-16-7-5-4-6-8-16/h4-8,15,17-18,23H,9-14H2,1-3H3,(H,20,24). The molecule has 1 heterocycles. The fourth-order valence-corrected chi connectivity index (χ4v) is 3.35. The van der Waals surface area contributed by atoms with Crippen LogP contribution in [0.3, 0.4) is 0 Å². The van der Waals surface area contributed by atoms with Gasteiger partial charge in [0, 0.05) is 25.7 Å². The molecule has 1 aliphatic heterocycles. The zero-order valence-corrected chi connectivity index (χ0v) is 15.1. The number of carbonyl (C=O) groups is 1. The van der Waals surface area contributed by atoms with Gasteiger partial charge in [-0.3, -0.25) is 0 Å². The highest BCUT2D eigenvalue weighted by atomic mass is 16.3. The number of nitrogens with zero attached hydrogens (tertiary/aromatic N) is 2. The summed E-state index contributed by atoms with van der Waals surface area (Å²) in [5.41, 5.74) is 1.23. The van der Waals surface area contributed by atoms with Crippen LogP contribution < -0.4 is 5.32 Å². The van der Waals surface area contributed by atoms with Crippen LogP contribution in [0.4, 0.5) is 4.79 Å². The molecule has 1 aromatic rings. The zero-order valence-electron chi connectivity index (χ0n) is 15.1. The number of benzene rings is 1. The predicted molar refractivity (Wildman–Crippen MR) is 97.0 cm³/mol. The maximum atomic E-state index is 12.6. The number of urea groups is 1. The van der Waals surface area contributed by atoms with Crippen molar-refractivity contribution in [2.24, 2.45) is 5.92 Å². The average Bonchev–Trinajstić information content (AvgIpc) is 2.55. The third-order valence-electron chi connectivity index (χ3n) is 4.75. The van der Waals surface area contributed by atoms with Crippen molar-refractivity contribution in [2.45, 2.75) is 38.3 Å². The van der Waals surface area contributed by atoms with Crippen LogP contribution >= 0.6 is 0 Å². The smallest absolute Gasteiger partial charge is 0.317 e. The highest BCUT2D eigenvalue weighted by Crippen LogP contribution is 2.20. The molecule has 2 unspecified atom stereocenters. The first-order valence-electron chi connectivity index (χ1n) is 8.88. The van der Waals surface area contributed by atoms with E-state index in [0.717, 1.165) is 38.9 Å². The summed E-state index contributed by atoms with van der Waals surface area (Å²) in [6, 6.07) is 10.4. The van der Waals surface area contributed by atoms with E-state index in [1.165, 1.54) is 5.56 Å². The molecular formula is C19H31N3O2. The Kier molecular flexibility index (Phi) is 7.06. The molecule has 5 heteroatoms. The highest BCUT2D eigenvalue weighted by Gasteiger charge is 2.26. The number of nitrogens with one attached hydrogen (secondary N) is 1. The summed E-state index contributed by atoms with van der Waals surface area (Å²) in [6.07, 6.45) is 2.30. The van der Waals surface area contributed by atoms with Gasteiger partial charge >= 0.3 is 6.03 Å². The van der Waals surface area contributed by atoms with Crippen molar-refractivity contribution in [2.75, 3.05) is 33.7 Å². The molecule has 0 spiro atoms. The monoisotopic (exact) mass is 333 g/mol. The molecule has 0 bridgehead atoms.